The van der Waals surface area contributed by atoms with Crippen molar-refractivity contribution >= 4 is 5.78 Å². The number of aromatic hydroxyl groups is 2. The zero-order chi connectivity index (χ0) is 9.84. The van der Waals surface area contributed by atoms with E-state index in [4.69, 9.17) is 5.11 Å². The Morgan fingerprint density at radius 3 is 2.77 bits per heavy atom. The van der Waals surface area contributed by atoms with E-state index < -0.39 is 0 Å². The van der Waals surface area contributed by atoms with Gasteiger partial charge in [0.15, 0.2) is 5.78 Å². The first kappa shape index (κ1) is 9.54. The molecule has 0 atom stereocenters. The molecule has 0 aromatic heterocycles. The lowest BCUT2D eigenvalue weighted by Crippen LogP contribution is -2.18. The van der Waals surface area contributed by atoms with Gasteiger partial charge >= 0.3 is 0 Å². The first-order chi connectivity index (χ1) is 6.15. The molecule has 0 saturated heterocycles. The summed E-state index contributed by atoms with van der Waals surface area (Å²) in [5.41, 5.74) is 0.134. The minimum Gasteiger partial charge on any atom is -0.508 e. The summed E-state index contributed by atoms with van der Waals surface area (Å²) in [6.07, 6.45) is 0. The zero-order valence-electron chi connectivity index (χ0n) is 7.24. The van der Waals surface area contributed by atoms with E-state index in [1.54, 1.807) is 7.05 Å². The first-order valence-electron chi connectivity index (χ1n) is 3.85. The molecule has 3 N–H and O–H groups in total. The summed E-state index contributed by atoms with van der Waals surface area (Å²) in [7, 11) is 1.64. The van der Waals surface area contributed by atoms with E-state index in [0.717, 1.165) is 0 Å². The summed E-state index contributed by atoms with van der Waals surface area (Å²) < 4.78 is 0. The van der Waals surface area contributed by atoms with Crippen LogP contribution in [0, 0.1) is 0 Å². The van der Waals surface area contributed by atoms with Crippen molar-refractivity contribution in [3.05, 3.63) is 23.8 Å². The van der Waals surface area contributed by atoms with E-state index in [2.05, 4.69) is 5.32 Å². The van der Waals surface area contributed by atoms with Gasteiger partial charge in [0.05, 0.1) is 12.1 Å². The summed E-state index contributed by atoms with van der Waals surface area (Å²) in [6.45, 7) is 0.136. The molecule has 0 amide bonds. The predicted octanol–water partition coefficient (Wildman–Crippen LogP) is 0.500. The Bertz CT molecular complexity index is 323. The topological polar surface area (TPSA) is 69.6 Å². The van der Waals surface area contributed by atoms with Gasteiger partial charge in [-0.1, -0.05) is 0 Å². The van der Waals surface area contributed by atoms with Gasteiger partial charge in [0.2, 0.25) is 0 Å². The van der Waals surface area contributed by atoms with Crippen LogP contribution >= 0.6 is 0 Å². The molecule has 0 spiro atoms. The van der Waals surface area contributed by atoms with E-state index in [-0.39, 0.29) is 29.4 Å². The van der Waals surface area contributed by atoms with E-state index >= 15 is 0 Å². The smallest absolute Gasteiger partial charge is 0.180 e. The summed E-state index contributed by atoms with van der Waals surface area (Å²) in [6, 6.07) is 3.86. The third-order valence-electron chi connectivity index (χ3n) is 1.62. The Morgan fingerprint density at radius 1 is 1.46 bits per heavy atom. The molecule has 0 saturated carbocycles. The van der Waals surface area contributed by atoms with Crippen LogP contribution in [-0.4, -0.2) is 29.6 Å². The van der Waals surface area contributed by atoms with Crippen LogP contribution < -0.4 is 5.32 Å². The lowest BCUT2D eigenvalue weighted by atomic mass is 10.1. The molecule has 70 valence electrons. The van der Waals surface area contributed by atoms with Gasteiger partial charge in [-0.2, -0.15) is 0 Å². The zero-order valence-corrected chi connectivity index (χ0v) is 7.24. The SMILES string of the molecule is CNCC(=O)c1cc(O)ccc1O. The lowest BCUT2D eigenvalue weighted by molar-refractivity contribution is 0.0990. The van der Waals surface area contributed by atoms with Crippen LogP contribution in [0.2, 0.25) is 0 Å². The molecule has 0 fully saturated rings. The predicted molar refractivity (Wildman–Crippen MR) is 48.0 cm³/mol. The Balaban J connectivity index is 2.99. The number of hydrogen-bond donors (Lipinski definition) is 3. The van der Waals surface area contributed by atoms with Crippen molar-refractivity contribution in [2.24, 2.45) is 0 Å². The molecule has 0 aliphatic heterocycles. The van der Waals surface area contributed by atoms with E-state index in [9.17, 15) is 9.90 Å². The summed E-state index contributed by atoms with van der Waals surface area (Å²) >= 11 is 0. The number of phenols is 2. The molecule has 0 heterocycles. The highest BCUT2D eigenvalue weighted by atomic mass is 16.3. The molecule has 1 aromatic rings. The molecule has 0 aliphatic rings. The fourth-order valence-electron chi connectivity index (χ4n) is 1.00. The van der Waals surface area contributed by atoms with Crippen LogP contribution in [-0.2, 0) is 0 Å². The molecule has 4 heteroatoms. The molecule has 1 rings (SSSR count). The van der Waals surface area contributed by atoms with Gasteiger partial charge in [0, 0.05) is 0 Å². The fraction of sp³-hybridized carbons (Fsp3) is 0.222. The number of phenolic OH excluding ortho intramolecular Hbond substituents is 2. The van der Waals surface area contributed by atoms with Crippen LogP contribution in [0.4, 0.5) is 0 Å². The third kappa shape index (κ3) is 2.19. The van der Waals surface area contributed by atoms with Crippen molar-refractivity contribution in [1.82, 2.24) is 5.32 Å². The van der Waals surface area contributed by atoms with Crippen molar-refractivity contribution in [3.8, 4) is 11.5 Å². The highest BCUT2D eigenvalue weighted by Gasteiger charge is 2.10. The molecule has 0 bridgehead atoms. The average molecular weight is 181 g/mol. The third-order valence-corrected chi connectivity index (χ3v) is 1.62. The molecular formula is C9H11NO3. The standard InChI is InChI=1S/C9H11NO3/c1-10-5-9(13)7-4-6(11)2-3-8(7)12/h2-4,10-12H,5H2,1H3. The minimum absolute atomic E-state index is 0.0303. The van der Waals surface area contributed by atoms with Gasteiger partial charge in [-0.15, -0.1) is 0 Å². The van der Waals surface area contributed by atoms with E-state index in [1.165, 1.54) is 18.2 Å². The van der Waals surface area contributed by atoms with Crippen molar-refractivity contribution in [1.29, 1.82) is 0 Å². The largest absolute Gasteiger partial charge is 0.508 e. The lowest BCUT2D eigenvalue weighted by Gasteiger charge is -2.03. The van der Waals surface area contributed by atoms with Gasteiger partial charge in [-0.05, 0) is 25.2 Å². The maximum Gasteiger partial charge on any atom is 0.180 e. The Morgan fingerprint density at radius 2 is 2.15 bits per heavy atom. The summed E-state index contributed by atoms with van der Waals surface area (Å²) in [4.78, 5) is 11.3. The molecule has 4 nitrogen and oxygen atoms in total. The van der Waals surface area contributed by atoms with Crippen molar-refractivity contribution in [2.75, 3.05) is 13.6 Å². The number of Topliss-reactive ketones (excluding diaryl/α,β-unsaturated/α-hetero) is 1. The van der Waals surface area contributed by atoms with Crippen LogP contribution in [0.15, 0.2) is 18.2 Å². The summed E-state index contributed by atoms with van der Waals surface area (Å²) in [5.74, 6) is -0.397. The quantitative estimate of drug-likeness (QED) is 0.469. The maximum absolute atomic E-state index is 11.3. The Labute approximate surface area is 75.8 Å². The molecule has 0 radical (unpaired) electrons. The number of carbonyl (C=O) groups excluding carboxylic acids is 1. The van der Waals surface area contributed by atoms with Crippen LogP contribution in [0.5, 0.6) is 11.5 Å². The van der Waals surface area contributed by atoms with E-state index in [1.807, 2.05) is 0 Å². The van der Waals surface area contributed by atoms with Gasteiger partial charge < -0.3 is 15.5 Å². The second-order valence-corrected chi connectivity index (χ2v) is 2.65. The van der Waals surface area contributed by atoms with Gasteiger partial charge in [-0.25, -0.2) is 0 Å². The van der Waals surface area contributed by atoms with E-state index in [0.29, 0.717) is 0 Å². The van der Waals surface area contributed by atoms with Crippen LogP contribution in [0.25, 0.3) is 0 Å². The number of ketones is 1. The van der Waals surface area contributed by atoms with Crippen molar-refractivity contribution < 1.29 is 15.0 Å². The van der Waals surface area contributed by atoms with Gasteiger partial charge in [0.25, 0.3) is 0 Å². The highest BCUT2D eigenvalue weighted by Crippen LogP contribution is 2.21. The molecule has 13 heavy (non-hydrogen) atoms. The van der Waals surface area contributed by atoms with Crippen LogP contribution in [0.3, 0.4) is 0 Å². The van der Waals surface area contributed by atoms with Crippen molar-refractivity contribution in [3.63, 3.8) is 0 Å². The number of benzene rings is 1. The number of likely N-dealkylation sites (N-methyl/N-ethyl adjacent to an activating group) is 1. The molecule has 0 aliphatic carbocycles. The average Bonchev–Trinajstić information content (AvgIpc) is 2.09. The minimum atomic E-state index is -0.254. The molecular weight excluding hydrogens is 170 g/mol. The number of nitrogens with one attached hydrogen (secondary N) is 1. The normalized spacial score (nSPS) is 9.92. The van der Waals surface area contributed by atoms with Gasteiger partial charge in [0.1, 0.15) is 11.5 Å². The maximum atomic E-state index is 11.3. The van der Waals surface area contributed by atoms with Gasteiger partial charge in [-0.3, -0.25) is 4.79 Å². The Hall–Kier alpha value is -1.55. The second-order valence-electron chi connectivity index (χ2n) is 2.65. The number of hydrogen-bond acceptors (Lipinski definition) is 4. The second kappa shape index (κ2) is 3.91. The highest BCUT2D eigenvalue weighted by molar-refractivity contribution is 6.00. The first-order valence-corrected chi connectivity index (χ1v) is 3.85. The Kier molecular flexibility index (Phi) is 2.87. The fourth-order valence-corrected chi connectivity index (χ4v) is 1.00. The summed E-state index contributed by atoms with van der Waals surface area (Å²) in [5, 5.41) is 21.0. The number of carbonyl (C=O) groups is 1. The monoisotopic (exact) mass is 181 g/mol. The molecule has 0 unspecified atom stereocenters. The van der Waals surface area contributed by atoms with Crippen molar-refractivity contribution in [2.45, 2.75) is 0 Å². The van der Waals surface area contributed by atoms with Crippen LogP contribution in [0.1, 0.15) is 10.4 Å². The number of rotatable bonds is 3. The molecule has 1 aromatic carbocycles.